The van der Waals surface area contributed by atoms with Crippen LogP contribution in [-0.4, -0.2) is 36.3 Å². The molecule has 24 heavy (non-hydrogen) atoms. The van der Waals surface area contributed by atoms with Crippen molar-refractivity contribution in [1.82, 2.24) is 9.97 Å². The average molecular weight is 347 g/mol. The smallest absolute Gasteiger partial charge is 0.222 e. The molecule has 1 aromatic carbocycles. The van der Waals surface area contributed by atoms with Gasteiger partial charge in [0.1, 0.15) is 18.2 Å². The summed E-state index contributed by atoms with van der Waals surface area (Å²) in [7, 11) is 0. The molecule has 2 N–H and O–H groups in total. The molecule has 0 bridgehead atoms. The highest BCUT2D eigenvalue weighted by atomic mass is 35.5. The SMILES string of the molecule is Nc1nc([C@H]2CCOC2)cc(N2CCOc3ccc(Cl)cc3C2)n1. The first-order valence-corrected chi connectivity index (χ1v) is 8.45. The minimum Gasteiger partial charge on any atom is -0.491 e. The lowest BCUT2D eigenvalue weighted by Crippen LogP contribution is -2.27. The maximum atomic E-state index is 6.13. The summed E-state index contributed by atoms with van der Waals surface area (Å²) >= 11 is 6.13. The molecule has 2 aromatic rings. The summed E-state index contributed by atoms with van der Waals surface area (Å²) in [6, 6.07) is 7.71. The van der Waals surface area contributed by atoms with Crippen LogP contribution < -0.4 is 15.4 Å². The minimum atomic E-state index is 0.291. The topological polar surface area (TPSA) is 73.5 Å². The van der Waals surface area contributed by atoms with E-state index in [1.807, 2.05) is 24.3 Å². The Labute approximate surface area is 145 Å². The van der Waals surface area contributed by atoms with Gasteiger partial charge in [0.15, 0.2) is 0 Å². The summed E-state index contributed by atoms with van der Waals surface area (Å²) in [5, 5.41) is 0.699. The summed E-state index contributed by atoms with van der Waals surface area (Å²) in [5.41, 5.74) is 7.94. The number of hydrogen-bond acceptors (Lipinski definition) is 6. The molecule has 1 fully saturated rings. The second-order valence-corrected chi connectivity index (χ2v) is 6.53. The van der Waals surface area contributed by atoms with Crippen molar-refractivity contribution >= 4 is 23.4 Å². The maximum Gasteiger partial charge on any atom is 0.222 e. The van der Waals surface area contributed by atoms with Gasteiger partial charge in [-0.1, -0.05) is 11.6 Å². The van der Waals surface area contributed by atoms with Crippen molar-refractivity contribution < 1.29 is 9.47 Å². The van der Waals surface area contributed by atoms with E-state index in [0.717, 1.165) is 42.4 Å². The number of ether oxygens (including phenoxy) is 2. The second kappa shape index (κ2) is 6.45. The van der Waals surface area contributed by atoms with Gasteiger partial charge in [0.2, 0.25) is 5.95 Å². The fraction of sp³-hybridized carbons (Fsp3) is 0.412. The second-order valence-electron chi connectivity index (χ2n) is 6.09. The van der Waals surface area contributed by atoms with Gasteiger partial charge in [0, 0.05) is 35.7 Å². The third-order valence-electron chi connectivity index (χ3n) is 4.42. The van der Waals surface area contributed by atoms with E-state index in [1.54, 1.807) is 0 Å². The van der Waals surface area contributed by atoms with Crippen molar-refractivity contribution in [3.8, 4) is 5.75 Å². The zero-order chi connectivity index (χ0) is 16.5. The van der Waals surface area contributed by atoms with E-state index in [9.17, 15) is 0 Å². The van der Waals surface area contributed by atoms with Crippen LogP contribution in [0, 0.1) is 0 Å². The van der Waals surface area contributed by atoms with Crippen molar-refractivity contribution in [3.63, 3.8) is 0 Å². The fourth-order valence-electron chi connectivity index (χ4n) is 3.17. The Bertz CT molecular complexity index is 749. The normalized spacial score (nSPS) is 20.4. The molecule has 0 unspecified atom stereocenters. The highest BCUT2D eigenvalue weighted by Crippen LogP contribution is 2.30. The van der Waals surface area contributed by atoms with Gasteiger partial charge >= 0.3 is 0 Å². The van der Waals surface area contributed by atoms with E-state index in [-0.39, 0.29) is 0 Å². The number of nitrogens with zero attached hydrogens (tertiary/aromatic N) is 3. The van der Waals surface area contributed by atoms with Crippen LogP contribution in [0.3, 0.4) is 0 Å². The zero-order valence-electron chi connectivity index (χ0n) is 13.2. The lowest BCUT2D eigenvalue weighted by atomic mass is 10.0. The van der Waals surface area contributed by atoms with Gasteiger partial charge in [-0.15, -0.1) is 0 Å². The Hall–Kier alpha value is -2.05. The molecule has 4 rings (SSSR count). The first kappa shape index (κ1) is 15.5. The lowest BCUT2D eigenvalue weighted by molar-refractivity contribution is 0.193. The summed E-state index contributed by atoms with van der Waals surface area (Å²) < 4.78 is 11.3. The van der Waals surface area contributed by atoms with E-state index in [0.29, 0.717) is 36.6 Å². The maximum absolute atomic E-state index is 6.13. The molecule has 2 aliphatic heterocycles. The summed E-state index contributed by atoms with van der Waals surface area (Å²) in [4.78, 5) is 11.0. The van der Waals surface area contributed by atoms with Gasteiger partial charge in [-0.2, -0.15) is 4.98 Å². The van der Waals surface area contributed by atoms with Crippen LogP contribution in [0.4, 0.5) is 11.8 Å². The van der Waals surface area contributed by atoms with Crippen LogP contribution in [0.5, 0.6) is 5.75 Å². The number of anilines is 2. The number of nitrogens with two attached hydrogens (primary N) is 1. The molecule has 1 saturated heterocycles. The number of nitrogen functional groups attached to an aromatic ring is 1. The standard InChI is InChI=1S/C17H19ClN4O2/c18-13-1-2-15-12(7-13)9-22(4-6-24-15)16-8-14(20-17(19)21-16)11-3-5-23-10-11/h1-2,7-8,11H,3-6,9-10H2,(H2,19,20,21)/t11-/m0/s1. The molecule has 126 valence electrons. The third kappa shape index (κ3) is 3.12. The third-order valence-corrected chi connectivity index (χ3v) is 4.66. The fourth-order valence-corrected chi connectivity index (χ4v) is 3.36. The van der Waals surface area contributed by atoms with Crippen LogP contribution in [-0.2, 0) is 11.3 Å². The Morgan fingerprint density at radius 2 is 2.12 bits per heavy atom. The molecule has 0 saturated carbocycles. The van der Waals surface area contributed by atoms with Crippen molar-refractivity contribution in [2.45, 2.75) is 18.9 Å². The average Bonchev–Trinajstić information content (AvgIpc) is 3.02. The predicted molar refractivity (Wildman–Crippen MR) is 92.6 cm³/mol. The molecule has 1 aromatic heterocycles. The van der Waals surface area contributed by atoms with Crippen molar-refractivity contribution in [2.24, 2.45) is 0 Å². The molecular formula is C17H19ClN4O2. The number of rotatable bonds is 2. The molecule has 0 amide bonds. The molecule has 0 spiro atoms. The van der Waals surface area contributed by atoms with Crippen LogP contribution in [0.25, 0.3) is 0 Å². The molecule has 7 heteroatoms. The Morgan fingerprint density at radius 3 is 2.96 bits per heavy atom. The number of benzene rings is 1. The summed E-state index contributed by atoms with van der Waals surface area (Å²) in [6.45, 7) is 3.45. The van der Waals surface area contributed by atoms with E-state index >= 15 is 0 Å². The van der Waals surface area contributed by atoms with Gasteiger partial charge in [0.05, 0.1) is 18.8 Å². The van der Waals surface area contributed by atoms with Gasteiger partial charge in [-0.05, 0) is 24.6 Å². The first-order chi connectivity index (χ1) is 11.7. The van der Waals surface area contributed by atoms with Crippen LogP contribution in [0.15, 0.2) is 24.3 Å². The van der Waals surface area contributed by atoms with Crippen molar-refractivity contribution in [2.75, 3.05) is 37.0 Å². The monoisotopic (exact) mass is 346 g/mol. The Kier molecular flexibility index (Phi) is 4.16. The highest BCUT2D eigenvalue weighted by Gasteiger charge is 2.23. The Morgan fingerprint density at radius 1 is 1.21 bits per heavy atom. The van der Waals surface area contributed by atoms with E-state index < -0.39 is 0 Å². The van der Waals surface area contributed by atoms with Crippen LogP contribution in [0.2, 0.25) is 5.02 Å². The van der Waals surface area contributed by atoms with Crippen LogP contribution in [0.1, 0.15) is 23.6 Å². The van der Waals surface area contributed by atoms with Gasteiger partial charge in [-0.25, -0.2) is 4.98 Å². The van der Waals surface area contributed by atoms with E-state index in [2.05, 4.69) is 14.9 Å². The largest absolute Gasteiger partial charge is 0.491 e. The summed E-state index contributed by atoms with van der Waals surface area (Å²) in [5.74, 6) is 2.28. The summed E-state index contributed by atoms with van der Waals surface area (Å²) in [6.07, 6.45) is 0.970. The quantitative estimate of drug-likeness (QED) is 0.901. The molecular weight excluding hydrogens is 328 g/mol. The molecule has 2 aliphatic rings. The van der Waals surface area contributed by atoms with Gasteiger partial charge in [0.25, 0.3) is 0 Å². The van der Waals surface area contributed by atoms with Crippen molar-refractivity contribution in [1.29, 1.82) is 0 Å². The zero-order valence-corrected chi connectivity index (χ0v) is 14.0. The number of halogens is 1. The first-order valence-electron chi connectivity index (χ1n) is 8.07. The number of fused-ring (bicyclic) bond motifs is 1. The van der Waals surface area contributed by atoms with Crippen molar-refractivity contribution in [3.05, 3.63) is 40.5 Å². The van der Waals surface area contributed by atoms with E-state index in [1.165, 1.54) is 0 Å². The highest BCUT2D eigenvalue weighted by molar-refractivity contribution is 6.30. The van der Waals surface area contributed by atoms with E-state index in [4.69, 9.17) is 26.8 Å². The number of hydrogen-bond donors (Lipinski definition) is 1. The molecule has 0 aliphatic carbocycles. The molecule has 0 radical (unpaired) electrons. The molecule has 3 heterocycles. The minimum absolute atomic E-state index is 0.291. The van der Waals surface area contributed by atoms with Crippen LogP contribution >= 0.6 is 11.6 Å². The number of aromatic nitrogens is 2. The van der Waals surface area contributed by atoms with Gasteiger partial charge in [-0.3, -0.25) is 0 Å². The lowest BCUT2D eigenvalue weighted by Gasteiger charge is -2.22. The van der Waals surface area contributed by atoms with Gasteiger partial charge < -0.3 is 20.1 Å². The predicted octanol–water partition coefficient (Wildman–Crippen LogP) is 2.62. The molecule has 1 atom stereocenters. The molecule has 6 nitrogen and oxygen atoms in total. The Balaban J connectivity index is 1.65.